The summed E-state index contributed by atoms with van der Waals surface area (Å²) in [5.74, 6) is 1.90. The van der Waals surface area contributed by atoms with Crippen LogP contribution in [0.5, 0.6) is 0 Å². The number of allylic oxidation sites excluding steroid dienone is 2. The molecule has 2 aliphatic carbocycles. The normalized spacial score (nSPS) is 38.2. The Morgan fingerprint density at radius 2 is 2.40 bits per heavy atom. The van der Waals surface area contributed by atoms with E-state index < -0.39 is 0 Å². The van der Waals surface area contributed by atoms with Gasteiger partial charge in [-0.25, -0.2) is 0 Å². The van der Waals surface area contributed by atoms with Gasteiger partial charge in [0, 0.05) is 12.8 Å². The van der Waals surface area contributed by atoms with Crippen molar-refractivity contribution in [3.63, 3.8) is 0 Å². The summed E-state index contributed by atoms with van der Waals surface area (Å²) >= 11 is 0. The van der Waals surface area contributed by atoms with Crippen LogP contribution in [0.15, 0.2) is 12.2 Å². The van der Waals surface area contributed by atoms with Crippen molar-refractivity contribution in [2.45, 2.75) is 25.7 Å². The Morgan fingerprint density at radius 1 is 1.50 bits per heavy atom. The van der Waals surface area contributed by atoms with E-state index in [9.17, 15) is 4.79 Å². The standard InChI is InChI=1S/C9H12O/c10-9-5-4-7-2-1-3-8(7)6-9/h1,3,7-8H,2,4-6H2. The zero-order valence-electron chi connectivity index (χ0n) is 6.05. The number of Topliss-reactive ketones (excluding diaryl/α,β-unsaturated/α-hetero) is 1. The summed E-state index contributed by atoms with van der Waals surface area (Å²) in [6.07, 6.45) is 8.47. The van der Waals surface area contributed by atoms with E-state index in [4.69, 9.17) is 0 Å². The summed E-state index contributed by atoms with van der Waals surface area (Å²) in [4.78, 5) is 11.0. The molecule has 0 spiro atoms. The van der Waals surface area contributed by atoms with Gasteiger partial charge in [0.05, 0.1) is 0 Å². The van der Waals surface area contributed by atoms with Gasteiger partial charge in [-0.1, -0.05) is 12.2 Å². The van der Waals surface area contributed by atoms with Gasteiger partial charge in [0.25, 0.3) is 0 Å². The van der Waals surface area contributed by atoms with Crippen molar-refractivity contribution < 1.29 is 4.79 Å². The SMILES string of the molecule is O=C1CCC2CC=CC2C1. The smallest absolute Gasteiger partial charge is 0.133 e. The molecule has 2 atom stereocenters. The fourth-order valence-electron chi connectivity index (χ4n) is 2.04. The van der Waals surface area contributed by atoms with Crippen LogP contribution < -0.4 is 0 Å². The second-order valence-electron chi connectivity index (χ2n) is 3.37. The largest absolute Gasteiger partial charge is 0.300 e. The van der Waals surface area contributed by atoms with Crippen LogP contribution >= 0.6 is 0 Å². The monoisotopic (exact) mass is 136 g/mol. The van der Waals surface area contributed by atoms with Gasteiger partial charge in [-0.3, -0.25) is 4.79 Å². The lowest BCUT2D eigenvalue weighted by atomic mass is 9.81. The van der Waals surface area contributed by atoms with Gasteiger partial charge < -0.3 is 0 Å². The number of hydrogen-bond donors (Lipinski definition) is 0. The number of fused-ring (bicyclic) bond motifs is 1. The molecule has 0 heterocycles. The second kappa shape index (κ2) is 2.22. The average Bonchev–Trinajstić information content (AvgIpc) is 2.33. The first-order valence-corrected chi connectivity index (χ1v) is 4.04. The van der Waals surface area contributed by atoms with E-state index in [2.05, 4.69) is 12.2 Å². The molecule has 2 unspecified atom stereocenters. The van der Waals surface area contributed by atoms with Crippen molar-refractivity contribution in [3.8, 4) is 0 Å². The molecular formula is C9H12O. The van der Waals surface area contributed by atoms with Gasteiger partial charge >= 0.3 is 0 Å². The van der Waals surface area contributed by atoms with Gasteiger partial charge in [0.15, 0.2) is 0 Å². The van der Waals surface area contributed by atoms with Crippen LogP contribution in [0.2, 0.25) is 0 Å². The Bertz CT molecular complexity index is 181. The third-order valence-corrected chi connectivity index (χ3v) is 2.68. The molecule has 0 amide bonds. The van der Waals surface area contributed by atoms with Crippen LogP contribution in [0, 0.1) is 11.8 Å². The zero-order valence-corrected chi connectivity index (χ0v) is 6.05. The molecule has 0 aromatic heterocycles. The van der Waals surface area contributed by atoms with Crippen LogP contribution in [0.25, 0.3) is 0 Å². The summed E-state index contributed by atoms with van der Waals surface area (Å²) in [6, 6.07) is 0. The zero-order chi connectivity index (χ0) is 6.97. The molecule has 1 nitrogen and oxygen atoms in total. The molecule has 10 heavy (non-hydrogen) atoms. The molecule has 0 aliphatic heterocycles. The molecule has 1 heteroatoms. The van der Waals surface area contributed by atoms with E-state index >= 15 is 0 Å². The Balaban J connectivity index is 2.08. The maximum absolute atomic E-state index is 11.0. The molecule has 54 valence electrons. The molecule has 0 bridgehead atoms. The predicted molar refractivity (Wildman–Crippen MR) is 39.6 cm³/mol. The number of carbonyl (C=O) groups excluding carboxylic acids is 1. The first kappa shape index (κ1) is 6.14. The first-order chi connectivity index (χ1) is 4.86. The number of rotatable bonds is 0. The summed E-state index contributed by atoms with van der Waals surface area (Å²) < 4.78 is 0. The van der Waals surface area contributed by atoms with E-state index in [1.54, 1.807) is 0 Å². The number of hydrogen-bond acceptors (Lipinski definition) is 1. The maximum atomic E-state index is 11.0. The highest BCUT2D eigenvalue weighted by atomic mass is 16.1. The lowest BCUT2D eigenvalue weighted by molar-refractivity contribution is -0.121. The number of ketones is 1. The van der Waals surface area contributed by atoms with Gasteiger partial charge in [-0.05, 0) is 24.7 Å². The highest BCUT2D eigenvalue weighted by molar-refractivity contribution is 5.79. The van der Waals surface area contributed by atoms with Crippen molar-refractivity contribution in [2.75, 3.05) is 0 Å². The molecule has 0 radical (unpaired) electrons. The molecule has 0 aromatic rings. The van der Waals surface area contributed by atoms with E-state index in [1.165, 1.54) is 6.42 Å². The van der Waals surface area contributed by atoms with Gasteiger partial charge in [-0.15, -0.1) is 0 Å². The van der Waals surface area contributed by atoms with Crippen molar-refractivity contribution in [3.05, 3.63) is 12.2 Å². The second-order valence-corrected chi connectivity index (χ2v) is 3.37. The van der Waals surface area contributed by atoms with Crippen molar-refractivity contribution >= 4 is 5.78 Å². The van der Waals surface area contributed by atoms with Crippen molar-refractivity contribution in [2.24, 2.45) is 11.8 Å². The van der Waals surface area contributed by atoms with E-state index in [0.29, 0.717) is 11.7 Å². The quantitative estimate of drug-likeness (QED) is 0.465. The fourth-order valence-corrected chi connectivity index (χ4v) is 2.04. The van der Waals surface area contributed by atoms with E-state index in [1.807, 2.05) is 0 Å². The molecular weight excluding hydrogens is 124 g/mol. The third-order valence-electron chi connectivity index (χ3n) is 2.68. The average molecular weight is 136 g/mol. The maximum Gasteiger partial charge on any atom is 0.133 e. The minimum Gasteiger partial charge on any atom is -0.300 e. The Labute approximate surface area is 61.1 Å². The summed E-state index contributed by atoms with van der Waals surface area (Å²) in [6.45, 7) is 0. The lowest BCUT2D eigenvalue weighted by Crippen LogP contribution is -2.20. The number of carbonyl (C=O) groups is 1. The van der Waals surface area contributed by atoms with Crippen LogP contribution in [0.4, 0.5) is 0 Å². The minimum absolute atomic E-state index is 0.466. The minimum atomic E-state index is 0.466. The van der Waals surface area contributed by atoms with E-state index in [-0.39, 0.29) is 0 Å². The van der Waals surface area contributed by atoms with E-state index in [0.717, 1.165) is 25.2 Å². The Morgan fingerprint density at radius 3 is 3.30 bits per heavy atom. The van der Waals surface area contributed by atoms with Gasteiger partial charge in [0.2, 0.25) is 0 Å². The Kier molecular flexibility index (Phi) is 1.37. The Hall–Kier alpha value is -0.590. The molecule has 1 fully saturated rings. The summed E-state index contributed by atoms with van der Waals surface area (Å²) in [7, 11) is 0. The summed E-state index contributed by atoms with van der Waals surface area (Å²) in [5.41, 5.74) is 0. The van der Waals surface area contributed by atoms with Gasteiger partial charge in [-0.2, -0.15) is 0 Å². The third kappa shape index (κ3) is 0.898. The molecule has 0 N–H and O–H groups in total. The van der Waals surface area contributed by atoms with Crippen LogP contribution in [-0.4, -0.2) is 5.78 Å². The first-order valence-electron chi connectivity index (χ1n) is 4.04. The van der Waals surface area contributed by atoms with Crippen LogP contribution in [0.3, 0.4) is 0 Å². The fraction of sp³-hybridized carbons (Fsp3) is 0.667. The molecule has 2 rings (SSSR count). The molecule has 0 aromatic carbocycles. The molecule has 1 saturated carbocycles. The predicted octanol–water partition coefficient (Wildman–Crippen LogP) is 1.93. The lowest BCUT2D eigenvalue weighted by Gasteiger charge is -2.23. The molecule has 0 saturated heterocycles. The van der Waals surface area contributed by atoms with Crippen molar-refractivity contribution in [1.29, 1.82) is 0 Å². The topological polar surface area (TPSA) is 17.1 Å². The highest BCUT2D eigenvalue weighted by Gasteiger charge is 2.29. The van der Waals surface area contributed by atoms with Gasteiger partial charge in [0.1, 0.15) is 5.78 Å². The van der Waals surface area contributed by atoms with Crippen LogP contribution in [-0.2, 0) is 4.79 Å². The van der Waals surface area contributed by atoms with Crippen molar-refractivity contribution in [1.82, 2.24) is 0 Å². The summed E-state index contributed by atoms with van der Waals surface area (Å²) in [5, 5.41) is 0. The van der Waals surface area contributed by atoms with Crippen LogP contribution in [0.1, 0.15) is 25.7 Å². The molecule has 2 aliphatic rings. The highest BCUT2D eigenvalue weighted by Crippen LogP contribution is 2.35.